The lowest BCUT2D eigenvalue weighted by Crippen LogP contribution is -2.04. The van der Waals surface area contributed by atoms with E-state index in [0.717, 1.165) is 35.4 Å². The van der Waals surface area contributed by atoms with E-state index in [0.29, 0.717) is 12.4 Å². The van der Waals surface area contributed by atoms with Crippen LogP contribution in [-0.4, -0.2) is 22.8 Å². The first-order chi connectivity index (χ1) is 8.72. The summed E-state index contributed by atoms with van der Waals surface area (Å²) < 4.78 is 10.7. The molecule has 0 unspecified atom stereocenters. The van der Waals surface area contributed by atoms with E-state index in [9.17, 15) is 4.79 Å². The van der Waals surface area contributed by atoms with Crippen LogP contribution in [0.3, 0.4) is 0 Å². The maximum Gasteiger partial charge on any atom is 0.374 e. The van der Waals surface area contributed by atoms with Gasteiger partial charge in [-0.05, 0) is 25.8 Å². The number of H-pyrrole nitrogens is 1. The predicted molar refractivity (Wildman–Crippen MR) is 64.4 cm³/mol. The first kappa shape index (κ1) is 11.1. The van der Waals surface area contributed by atoms with Crippen LogP contribution in [0, 0.1) is 6.92 Å². The third-order valence-corrected chi connectivity index (χ3v) is 3.27. The van der Waals surface area contributed by atoms with Gasteiger partial charge in [0.15, 0.2) is 0 Å². The van der Waals surface area contributed by atoms with Crippen LogP contribution in [0.2, 0.25) is 0 Å². The minimum absolute atomic E-state index is 0.310. The Balaban J connectivity index is 2.12. The van der Waals surface area contributed by atoms with Crippen molar-refractivity contribution in [3.63, 3.8) is 0 Å². The monoisotopic (exact) mass is 246 g/mol. The van der Waals surface area contributed by atoms with Crippen LogP contribution in [0.4, 0.5) is 0 Å². The maximum absolute atomic E-state index is 11.8. The lowest BCUT2D eigenvalue weighted by atomic mass is 9.94. The molecule has 94 valence electrons. The van der Waals surface area contributed by atoms with Crippen LogP contribution < -0.4 is 0 Å². The standard InChI is InChI=1S/C13H14N2O3/c1-3-17-13(16)12-7(2)10-9(18-12)5-4-8-6-14-15-11(8)10/h6H,3-5H2,1-2H3,(H,14,15). The Kier molecular flexibility index (Phi) is 2.47. The van der Waals surface area contributed by atoms with Gasteiger partial charge in [0.1, 0.15) is 5.76 Å². The minimum atomic E-state index is -0.398. The van der Waals surface area contributed by atoms with Gasteiger partial charge in [0, 0.05) is 17.5 Å². The molecule has 5 heteroatoms. The van der Waals surface area contributed by atoms with E-state index in [1.165, 1.54) is 5.56 Å². The largest absolute Gasteiger partial charge is 0.460 e. The highest BCUT2D eigenvalue weighted by Crippen LogP contribution is 2.37. The summed E-state index contributed by atoms with van der Waals surface area (Å²) in [5.74, 6) is 0.752. The summed E-state index contributed by atoms with van der Waals surface area (Å²) >= 11 is 0. The Labute approximate surface area is 104 Å². The Morgan fingerprint density at radius 3 is 3.17 bits per heavy atom. The number of esters is 1. The van der Waals surface area contributed by atoms with Crippen molar-refractivity contribution in [1.82, 2.24) is 10.2 Å². The SMILES string of the molecule is CCOC(=O)c1oc2c(c1C)-c1[nH]ncc1CC2. The van der Waals surface area contributed by atoms with Gasteiger partial charge in [-0.3, -0.25) is 5.10 Å². The molecule has 2 heterocycles. The van der Waals surface area contributed by atoms with Gasteiger partial charge in [-0.25, -0.2) is 4.79 Å². The van der Waals surface area contributed by atoms with Gasteiger partial charge in [-0.15, -0.1) is 0 Å². The van der Waals surface area contributed by atoms with E-state index in [1.54, 1.807) is 6.92 Å². The van der Waals surface area contributed by atoms with E-state index in [1.807, 2.05) is 13.1 Å². The highest BCUT2D eigenvalue weighted by molar-refractivity contribution is 5.91. The van der Waals surface area contributed by atoms with Gasteiger partial charge < -0.3 is 9.15 Å². The fourth-order valence-electron chi connectivity index (χ4n) is 2.43. The number of nitrogens with one attached hydrogen (secondary N) is 1. The third kappa shape index (κ3) is 1.47. The van der Waals surface area contributed by atoms with Crippen LogP contribution in [0.25, 0.3) is 11.3 Å². The molecular formula is C13H14N2O3. The number of furan rings is 1. The van der Waals surface area contributed by atoms with Crippen molar-refractivity contribution >= 4 is 5.97 Å². The van der Waals surface area contributed by atoms with Crippen molar-refractivity contribution in [2.45, 2.75) is 26.7 Å². The van der Waals surface area contributed by atoms with Gasteiger partial charge in [-0.2, -0.15) is 5.10 Å². The maximum atomic E-state index is 11.8. The molecule has 3 rings (SSSR count). The second-order valence-corrected chi connectivity index (χ2v) is 4.35. The van der Waals surface area contributed by atoms with E-state index in [2.05, 4.69) is 10.2 Å². The molecule has 1 aliphatic carbocycles. The summed E-state index contributed by atoms with van der Waals surface area (Å²) in [7, 11) is 0. The summed E-state index contributed by atoms with van der Waals surface area (Å²) in [6.07, 6.45) is 3.50. The molecule has 0 bridgehead atoms. The van der Waals surface area contributed by atoms with Crippen LogP contribution in [0.15, 0.2) is 10.6 Å². The number of rotatable bonds is 2. The van der Waals surface area contributed by atoms with Crippen LogP contribution in [0.5, 0.6) is 0 Å². The molecule has 2 aromatic heterocycles. The van der Waals surface area contributed by atoms with Gasteiger partial charge in [0.05, 0.1) is 18.5 Å². The van der Waals surface area contributed by atoms with Crippen LogP contribution in [-0.2, 0) is 17.6 Å². The highest BCUT2D eigenvalue weighted by Gasteiger charge is 2.28. The summed E-state index contributed by atoms with van der Waals surface area (Å²) in [6, 6.07) is 0. The van der Waals surface area contributed by atoms with Crippen molar-refractivity contribution in [1.29, 1.82) is 0 Å². The number of carbonyl (C=O) groups is 1. The van der Waals surface area contributed by atoms with Gasteiger partial charge in [0.25, 0.3) is 0 Å². The zero-order valence-corrected chi connectivity index (χ0v) is 10.4. The number of nitrogens with zero attached hydrogens (tertiary/aromatic N) is 1. The van der Waals surface area contributed by atoms with E-state index in [-0.39, 0.29) is 0 Å². The Hall–Kier alpha value is -2.04. The first-order valence-electron chi connectivity index (χ1n) is 6.04. The average molecular weight is 246 g/mol. The minimum Gasteiger partial charge on any atom is -0.460 e. The molecule has 0 radical (unpaired) electrons. The summed E-state index contributed by atoms with van der Waals surface area (Å²) in [4.78, 5) is 11.8. The third-order valence-electron chi connectivity index (χ3n) is 3.27. The van der Waals surface area contributed by atoms with E-state index < -0.39 is 5.97 Å². The van der Waals surface area contributed by atoms with Crippen molar-refractivity contribution < 1.29 is 13.9 Å². The normalized spacial score (nSPS) is 13.0. The number of ether oxygens (including phenoxy) is 1. The Morgan fingerprint density at radius 2 is 2.39 bits per heavy atom. The second-order valence-electron chi connectivity index (χ2n) is 4.35. The van der Waals surface area contributed by atoms with Gasteiger partial charge in [-0.1, -0.05) is 0 Å². The van der Waals surface area contributed by atoms with Crippen LogP contribution in [0.1, 0.15) is 34.4 Å². The quantitative estimate of drug-likeness (QED) is 0.825. The molecule has 2 aromatic rings. The van der Waals surface area contributed by atoms with Crippen LogP contribution >= 0.6 is 0 Å². The molecule has 0 saturated heterocycles. The number of fused-ring (bicyclic) bond motifs is 3. The zero-order chi connectivity index (χ0) is 12.7. The highest BCUT2D eigenvalue weighted by atomic mass is 16.5. The average Bonchev–Trinajstić information content (AvgIpc) is 2.93. The topological polar surface area (TPSA) is 68.1 Å². The molecule has 1 N–H and O–H groups in total. The number of carbonyl (C=O) groups excluding carboxylic acids is 1. The van der Waals surface area contributed by atoms with E-state index in [4.69, 9.17) is 9.15 Å². The molecule has 0 atom stereocenters. The Bertz CT molecular complexity index is 610. The predicted octanol–water partition coefficient (Wildman–Crippen LogP) is 2.25. The van der Waals surface area contributed by atoms with Gasteiger partial charge >= 0.3 is 5.97 Å². The molecule has 0 spiro atoms. The fraction of sp³-hybridized carbons (Fsp3) is 0.385. The first-order valence-corrected chi connectivity index (χ1v) is 6.04. The zero-order valence-electron chi connectivity index (χ0n) is 10.4. The summed E-state index contributed by atoms with van der Waals surface area (Å²) in [6.45, 7) is 4.01. The fourth-order valence-corrected chi connectivity index (χ4v) is 2.43. The Morgan fingerprint density at radius 1 is 1.56 bits per heavy atom. The molecule has 0 amide bonds. The number of aryl methyl sites for hydroxylation is 2. The molecule has 5 nitrogen and oxygen atoms in total. The molecule has 0 aliphatic heterocycles. The number of hydrogen-bond donors (Lipinski definition) is 1. The molecule has 18 heavy (non-hydrogen) atoms. The number of hydrogen-bond acceptors (Lipinski definition) is 4. The van der Waals surface area contributed by atoms with Crippen molar-refractivity contribution in [3.05, 3.63) is 28.8 Å². The molecule has 0 fully saturated rings. The van der Waals surface area contributed by atoms with Crippen molar-refractivity contribution in [2.24, 2.45) is 0 Å². The lowest BCUT2D eigenvalue weighted by Gasteiger charge is -2.09. The number of aromatic nitrogens is 2. The molecule has 0 saturated carbocycles. The molecule has 1 aliphatic rings. The number of aromatic amines is 1. The van der Waals surface area contributed by atoms with Gasteiger partial charge in [0.2, 0.25) is 5.76 Å². The van der Waals surface area contributed by atoms with Crippen molar-refractivity contribution in [3.8, 4) is 11.3 Å². The second kappa shape index (κ2) is 4.01. The molecular weight excluding hydrogens is 232 g/mol. The smallest absolute Gasteiger partial charge is 0.374 e. The lowest BCUT2D eigenvalue weighted by molar-refractivity contribution is 0.0487. The molecule has 0 aromatic carbocycles. The van der Waals surface area contributed by atoms with Crippen molar-refractivity contribution in [2.75, 3.05) is 6.61 Å². The summed E-state index contributed by atoms with van der Waals surface area (Å²) in [5, 5.41) is 7.03. The summed E-state index contributed by atoms with van der Waals surface area (Å²) in [5.41, 5.74) is 3.93. The van der Waals surface area contributed by atoms with E-state index >= 15 is 0 Å².